The molecule has 0 atom stereocenters. The summed E-state index contributed by atoms with van der Waals surface area (Å²) in [6.45, 7) is 2.14. The summed E-state index contributed by atoms with van der Waals surface area (Å²) in [5, 5.41) is -0.222. The fourth-order valence-corrected chi connectivity index (χ4v) is 2.47. The largest absolute Gasteiger partial charge is 0.274 e. The van der Waals surface area contributed by atoms with Crippen molar-refractivity contribution in [3.8, 4) is 0 Å². The number of likely N-dealkylation sites (N-methyl/N-ethyl adjacent to an activating group) is 2. The van der Waals surface area contributed by atoms with Gasteiger partial charge in [0.1, 0.15) is 0 Å². The number of alkyl halides is 2. The van der Waals surface area contributed by atoms with E-state index in [1.807, 2.05) is 0 Å². The normalized spacial score (nSPS) is 27.6. The van der Waals surface area contributed by atoms with Crippen LogP contribution in [-0.2, 0) is 0 Å². The van der Waals surface area contributed by atoms with Crippen LogP contribution in [0, 0.1) is 0 Å². The van der Waals surface area contributed by atoms with Crippen LogP contribution in [0.2, 0.25) is 0 Å². The lowest BCUT2D eigenvalue weighted by molar-refractivity contribution is 0.169. The Morgan fingerprint density at radius 2 is 1.80 bits per heavy atom. The third-order valence-electron chi connectivity index (χ3n) is 2.11. The maximum Gasteiger partial charge on any atom is 0.160 e. The van der Waals surface area contributed by atoms with Gasteiger partial charge in [0.05, 0.1) is 0 Å². The van der Waals surface area contributed by atoms with Gasteiger partial charge in [-0.25, -0.2) is 0 Å². The Labute approximate surface area is 80.6 Å². The molecule has 0 saturated carbocycles. The lowest BCUT2D eigenvalue weighted by atomic mass is 10.5. The van der Waals surface area contributed by atoms with E-state index in [9.17, 15) is 0 Å². The van der Waals surface area contributed by atoms with Crippen molar-refractivity contribution in [2.45, 2.75) is 5.12 Å². The van der Waals surface area contributed by atoms with Crippen molar-refractivity contribution in [2.75, 3.05) is 31.6 Å². The van der Waals surface area contributed by atoms with Crippen molar-refractivity contribution >= 4 is 34.2 Å². The van der Waals surface area contributed by atoms with Crippen LogP contribution in [0.5, 0.6) is 0 Å². The molecule has 0 spiro atoms. The summed E-state index contributed by atoms with van der Waals surface area (Å²) in [6.07, 6.45) is 0. The highest BCUT2D eigenvalue weighted by Gasteiger charge is 2.40. The van der Waals surface area contributed by atoms with Crippen LogP contribution in [0.15, 0.2) is 0 Å². The molecule has 10 heavy (non-hydrogen) atoms. The lowest BCUT2D eigenvalue weighted by Crippen LogP contribution is -2.46. The smallest absolute Gasteiger partial charge is 0.160 e. The van der Waals surface area contributed by atoms with E-state index in [0.717, 1.165) is 17.5 Å². The van der Waals surface area contributed by atoms with Gasteiger partial charge in [0.15, 0.2) is 5.12 Å². The first-order valence-electron chi connectivity index (χ1n) is 3.28. The zero-order chi connectivity index (χ0) is 7.78. The molecule has 0 aromatic heterocycles. The van der Waals surface area contributed by atoms with Crippen LogP contribution < -0.4 is 0 Å². The van der Waals surface area contributed by atoms with Crippen molar-refractivity contribution in [1.82, 2.24) is 9.80 Å². The first kappa shape index (κ1) is 9.03. The molecule has 1 heterocycles. The van der Waals surface area contributed by atoms with Gasteiger partial charge in [0.2, 0.25) is 0 Å². The molecule has 1 aliphatic heterocycles. The fraction of sp³-hybridized carbons (Fsp3) is 1.00. The molecule has 0 N–H and O–H groups in total. The maximum absolute atomic E-state index is 6.30. The summed E-state index contributed by atoms with van der Waals surface area (Å²) < 4.78 is 0.944. The van der Waals surface area contributed by atoms with Gasteiger partial charge in [0, 0.05) is 17.5 Å². The summed E-state index contributed by atoms with van der Waals surface area (Å²) >= 11 is 8.62. The summed E-state index contributed by atoms with van der Waals surface area (Å²) in [7, 11) is 4.13. The van der Waals surface area contributed by atoms with Crippen LogP contribution in [0.3, 0.4) is 0 Å². The Balaban J connectivity index is 2.70. The van der Waals surface area contributed by atoms with E-state index in [1.165, 1.54) is 0 Å². The summed E-state index contributed by atoms with van der Waals surface area (Å²) in [5.41, 5.74) is 0. The minimum atomic E-state index is -0.222. The van der Waals surface area contributed by atoms with Crippen LogP contribution >= 0.6 is 34.2 Å². The number of rotatable bonds is 1. The van der Waals surface area contributed by atoms with Crippen LogP contribution in [-0.4, -0.2) is 46.5 Å². The Morgan fingerprint density at radius 3 is 2.00 bits per heavy atom. The van der Waals surface area contributed by atoms with Crippen LogP contribution in [0.25, 0.3) is 0 Å². The quantitative estimate of drug-likeness (QED) is 0.403. The molecule has 0 unspecified atom stereocenters. The second-order valence-electron chi connectivity index (χ2n) is 2.70. The average Bonchev–Trinajstić information content (AvgIpc) is 2.18. The Bertz CT molecular complexity index is 121. The molecule has 0 aliphatic carbocycles. The van der Waals surface area contributed by atoms with Gasteiger partial charge in [0.25, 0.3) is 0 Å². The van der Waals surface area contributed by atoms with Crippen molar-refractivity contribution < 1.29 is 0 Å². The van der Waals surface area contributed by atoms with Gasteiger partial charge >= 0.3 is 0 Å². The highest BCUT2D eigenvalue weighted by Crippen LogP contribution is 2.29. The summed E-state index contributed by atoms with van der Waals surface area (Å²) in [6, 6.07) is 0. The van der Waals surface area contributed by atoms with Gasteiger partial charge in [-0.1, -0.05) is 34.2 Å². The molecule has 4 heteroatoms. The molecule has 1 rings (SSSR count). The van der Waals surface area contributed by atoms with Crippen molar-refractivity contribution in [3.05, 3.63) is 0 Å². The molecule has 1 saturated heterocycles. The van der Waals surface area contributed by atoms with E-state index in [1.54, 1.807) is 0 Å². The van der Waals surface area contributed by atoms with Gasteiger partial charge in [-0.05, 0) is 14.1 Å². The molecular formula is C6H12ClIN2. The van der Waals surface area contributed by atoms with Gasteiger partial charge in [-0.2, -0.15) is 0 Å². The molecule has 0 bridgehead atoms. The predicted octanol–water partition coefficient (Wildman–Crippen LogP) is 1.19. The zero-order valence-electron chi connectivity index (χ0n) is 6.27. The summed E-state index contributed by atoms with van der Waals surface area (Å²) in [5.74, 6) is 0. The predicted molar refractivity (Wildman–Crippen MR) is 52.7 cm³/mol. The highest BCUT2D eigenvalue weighted by atomic mass is 127. The van der Waals surface area contributed by atoms with Crippen molar-refractivity contribution in [3.63, 3.8) is 0 Å². The topological polar surface area (TPSA) is 6.48 Å². The number of hydrogen-bond acceptors (Lipinski definition) is 2. The molecule has 2 nitrogen and oxygen atoms in total. The van der Waals surface area contributed by atoms with Gasteiger partial charge in [-0.15, -0.1) is 0 Å². The van der Waals surface area contributed by atoms with Gasteiger partial charge in [-0.3, -0.25) is 9.80 Å². The van der Waals surface area contributed by atoms with E-state index < -0.39 is 0 Å². The molecule has 60 valence electrons. The second kappa shape index (κ2) is 3.13. The Kier molecular flexibility index (Phi) is 2.82. The van der Waals surface area contributed by atoms with Crippen LogP contribution in [0.4, 0.5) is 0 Å². The number of hydrogen-bond donors (Lipinski definition) is 0. The molecule has 1 aliphatic rings. The average molecular weight is 275 g/mol. The lowest BCUT2D eigenvalue weighted by Gasteiger charge is -2.32. The standard InChI is InChI=1S/C6H12ClIN2/c1-9-3-4-10(2)6(9,7)5-8/h3-5H2,1-2H3. The van der Waals surface area contributed by atoms with E-state index in [4.69, 9.17) is 11.6 Å². The molecule has 1 fully saturated rings. The van der Waals surface area contributed by atoms with Crippen molar-refractivity contribution in [2.24, 2.45) is 0 Å². The monoisotopic (exact) mass is 274 g/mol. The molecule has 0 radical (unpaired) electrons. The van der Waals surface area contributed by atoms with Crippen molar-refractivity contribution in [1.29, 1.82) is 0 Å². The Hall–Kier alpha value is 0.940. The minimum absolute atomic E-state index is 0.222. The highest BCUT2D eigenvalue weighted by molar-refractivity contribution is 14.1. The third kappa shape index (κ3) is 1.29. The van der Waals surface area contributed by atoms with E-state index >= 15 is 0 Å². The third-order valence-corrected chi connectivity index (χ3v) is 4.34. The first-order chi connectivity index (χ1) is 4.61. The van der Waals surface area contributed by atoms with E-state index in [2.05, 4.69) is 46.5 Å². The number of halogens is 2. The second-order valence-corrected chi connectivity index (χ2v) is 4.06. The maximum atomic E-state index is 6.30. The van der Waals surface area contributed by atoms with Crippen LogP contribution in [0.1, 0.15) is 0 Å². The molecule has 0 aromatic rings. The fourth-order valence-electron chi connectivity index (χ4n) is 1.14. The molecule has 0 amide bonds. The minimum Gasteiger partial charge on any atom is -0.274 e. The Morgan fingerprint density at radius 1 is 1.40 bits per heavy atom. The first-order valence-corrected chi connectivity index (χ1v) is 5.19. The SMILES string of the molecule is CN1CCN(C)C1(Cl)CI. The zero-order valence-corrected chi connectivity index (χ0v) is 9.19. The molecular weight excluding hydrogens is 262 g/mol. The van der Waals surface area contributed by atoms with E-state index in [0.29, 0.717) is 0 Å². The van der Waals surface area contributed by atoms with E-state index in [-0.39, 0.29) is 5.12 Å². The van der Waals surface area contributed by atoms with Gasteiger partial charge < -0.3 is 0 Å². The molecule has 0 aromatic carbocycles. The number of nitrogens with zero attached hydrogens (tertiary/aromatic N) is 2. The summed E-state index contributed by atoms with van der Waals surface area (Å²) in [4.78, 5) is 4.36.